The van der Waals surface area contributed by atoms with Gasteiger partial charge in [0.05, 0.1) is 18.4 Å². The largest absolute Gasteiger partial charge is 0.299 e. The van der Waals surface area contributed by atoms with Crippen molar-refractivity contribution in [2.24, 2.45) is 0 Å². The van der Waals surface area contributed by atoms with Gasteiger partial charge in [-0.3, -0.25) is 14.6 Å². The molecule has 25 heavy (non-hydrogen) atoms. The van der Waals surface area contributed by atoms with E-state index < -0.39 is 0 Å². The molecule has 8 heteroatoms. The number of hydrogen-bond donors (Lipinski definition) is 0. The highest BCUT2D eigenvalue weighted by Gasteiger charge is 2.19. The SMILES string of the molecule is CC(C)(C)c1ccc(=O)n(CCN2CCN(Cc3cnon3)CC2)n1. The van der Waals surface area contributed by atoms with Crippen LogP contribution in [0.2, 0.25) is 0 Å². The Morgan fingerprint density at radius 1 is 1.08 bits per heavy atom. The number of nitrogens with zero attached hydrogens (tertiary/aromatic N) is 6. The van der Waals surface area contributed by atoms with Crippen LogP contribution in [0.25, 0.3) is 0 Å². The maximum absolute atomic E-state index is 12.1. The van der Waals surface area contributed by atoms with E-state index in [0.29, 0.717) is 6.54 Å². The summed E-state index contributed by atoms with van der Waals surface area (Å²) in [6.45, 7) is 12.4. The predicted octanol–water partition coefficient (Wildman–Crippen LogP) is 0.742. The molecule has 8 nitrogen and oxygen atoms in total. The van der Waals surface area contributed by atoms with Gasteiger partial charge in [-0.25, -0.2) is 9.31 Å². The molecule has 0 amide bonds. The van der Waals surface area contributed by atoms with E-state index in [1.165, 1.54) is 0 Å². The van der Waals surface area contributed by atoms with E-state index in [2.05, 4.69) is 50.6 Å². The Hall–Kier alpha value is -2.06. The summed E-state index contributed by atoms with van der Waals surface area (Å²) in [4.78, 5) is 16.8. The van der Waals surface area contributed by atoms with E-state index in [1.807, 2.05) is 6.07 Å². The summed E-state index contributed by atoms with van der Waals surface area (Å²) in [6, 6.07) is 3.45. The van der Waals surface area contributed by atoms with E-state index in [0.717, 1.165) is 50.7 Å². The smallest absolute Gasteiger partial charge is 0.266 e. The van der Waals surface area contributed by atoms with Gasteiger partial charge in [0.15, 0.2) is 0 Å². The van der Waals surface area contributed by atoms with Crippen LogP contribution in [0.5, 0.6) is 0 Å². The first-order chi connectivity index (χ1) is 11.9. The van der Waals surface area contributed by atoms with Crippen LogP contribution >= 0.6 is 0 Å². The summed E-state index contributed by atoms with van der Waals surface area (Å²) < 4.78 is 6.22. The minimum atomic E-state index is -0.0585. The molecule has 0 saturated carbocycles. The number of piperazine rings is 1. The third-order valence-electron chi connectivity index (χ3n) is 4.52. The first-order valence-corrected chi connectivity index (χ1v) is 8.71. The second-order valence-corrected chi connectivity index (χ2v) is 7.55. The van der Waals surface area contributed by atoms with Crippen molar-refractivity contribution in [1.82, 2.24) is 29.9 Å². The van der Waals surface area contributed by atoms with Gasteiger partial charge >= 0.3 is 0 Å². The summed E-state index contributed by atoms with van der Waals surface area (Å²) in [6.07, 6.45) is 1.66. The van der Waals surface area contributed by atoms with Crippen LogP contribution < -0.4 is 5.56 Å². The lowest BCUT2D eigenvalue weighted by molar-refractivity contribution is 0.120. The van der Waals surface area contributed by atoms with Crippen LogP contribution in [0.3, 0.4) is 0 Å². The van der Waals surface area contributed by atoms with Crippen molar-refractivity contribution in [3.8, 4) is 0 Å². The van der Waals surface area contributed by atoms with Gasteiger partial charge in [-0.15, -0.1) is 0 Å². The first kappa shape index (κ1) is 17.8. The Balaban J connectivity index is 1.51. The lowest BCUT2D eigenvalue weighted by Crippen LogP contribution is -2.47. The van der Waals surface area contributed by atoms with Gasteiger partial charge in [0, 0.05) is 50.7 Å². The fourth-order valence-electron chi connectivity index (χ4n) is 2.90. The fourth-order valence-corrected chi connectivity index (χ4v) is 2.90. The molecule has 0 atom stereocenters. The van der Waals surface area contributed by atoms with Crippen molar-refractivity contribution in [3.05, 3.63) is 40.1 Å². The quantitative estimate of drug-likeness (QED) is 0.790. The molecule has 1 fully saturated rings. The predicted molar refractivity (Wildman–Crippen MR) is 93.2 cm³/mol. The zero-order chi connectivity index (χ0) is 17.9. The molecule has 2 aromatic heterocycles. The topological polar surface area (TPSA) is 80.3 Å². The molecule has 3 heterocycles. The summed E-state index contributed by atoms with van der Waals surface area (Å²) in [5, 5.41) is 12.0. The average molecular weight is 346 g/mol. The summed E-state index contributed by atoms with van der Waals surface area (Å²) in [5.41, 5.74) is 1.71. The van der Waals surface area contributed by atoms with E-state index in [4.69, 9.17) is 0 Å². The van der Waals surface area contributed by atoms with Crippen LogP contribution in [-0.2, 0) is 18.5 Å². The van der Waals surface area contributed by atoms with Crippen LogP contribution in [0, 0.1) is 0 Å². The summed E-state index contributed by atoms with van der Waals surface area (Å²) >= 11 is 0. The lowest BCUT2D eigenvalue weighted by Gasteiger charge is -2.34. The van der Waals surface area contributed by atoms with Crippen LogP contribution in [0.15, 0.2) is 27.8 Å². The average Bonchev–Trinajstić information content (AvgIpc) is 3.07. The molecule has 0 aliphatic carbocycles. The zero-order valence-electron chi connectivity index (χ0n) is 15.2. The Bertz CT molecular complexity index is 726. The molecule has 1 aliphatic heterocycles. The monoisotopic (exact) mass is 346 g/mol. The molecule has 136 valence electrons. The standard InChI is InChI=1S/C17H26N6O2/c1-17(2,3)15-4-5-16(24)23(19-15)11-10-21-6-8-22(9-7-21)13-14-12-18-25-20-14/h4-5,12H,6-11,13H2,1-3H3. The second kappa shape index (κ2) is 7.45. The lowest BCUT2D eigenvalue weighted by atomic mass is 9.92. The van der Waals surface area contributed by atoms with Crippen molar-refractivity contribution in [2.75, 3.05) is 32.7 Å². The Morgan fingerprint density at radius 3 is 2.44 bits per heavy atom. The molecular weight excluding hydrogens is 320 g/mol. The fraction of sp³-hybridized carbons (Fsp3) is 0.647. The van der Waals surface area contributed by atoms with Gasteiger partial charge < -0.3 is 0 Å². The second-order valence-electron chi connectivity index (χ2n) is 7.55. The molecule has 2 aromatic rings. The van der Waals surface area contributed by atoms with Gasteiger partial charge in [-0.05, 0) is 6.07 Å². The van der Waals surface area contributed by atoms with Crippen molar-refractivity contribution >= 4 is 0 Å². The third kappa shape index (κ3) is 4.73. The highest BCUT2D eigenvalue weighted by atomic mass is 16.6. The molecule has 0 N–H and O–H groups in total. The van der Waals surface area contributed by atoms with Gasteiger partial charge in [0.25, 0.3) is 5.56 Å². The minimum absolute atomic E-state index is 0.0369. The van der Waals surface area contributed by atoms with Crippen LogP contribution in [0.4, 0.5) is 0 Å². The Labute approximate surface area is 147 Å². The summed E-state index contributed by atoms with van der Waals surface area (Å²) in [7, 11) is 0. The third-order valence-corrected chi connectivity index (χ3v) is 4.52. The molecule has 3 rings (SSSR count). The van der Waals surface area contributed by atoms with Crippen molar-refractivity contribution in [1.29, 1.82) is 0 Å². The van der Waals surface area contributed by atoms with E-state index in [9.17, 15) is 4.79 Å². The number of hydrogen-bond acceptors (Lipinski definition) is 7. The van der Waals surface area contributed by atoms with Crippen LogP contribution in [0.1, 0.15) is 32.2 Å². The van der Waals surface area contributed by atoms with E-state index >= 15 is 0 Å². The Kier molecular flexibility index (Phi) is 5.29. The molecule has 1 saturated heterocycles. The molecule has 0 bridgehead atoms. The van der Waals surface area contributed by atoms with Crippen molar-refractivity contribution in [3.63, 3.8) is 0 Å². The molecular formula is C17H26N6O2. The maximum Gasteiger partial charge on any atom is 0.266 e. The molecule has 0 spiro atoms. The summed E-state index contributed by atoms with van der Waals surface area (Å²) in [5.74, 6) is 0. The number of aromatic nitrogens is 4. The molecule has 0 radical (unpaired) electrons. The van der Waals surface area contributed by atoms with Gasteiger partial charge in [-0.1, -0.05) is 31.1 Å². The van der Waals surface area contributed by atoms with Crippen molar-refractivity contribution < 1.29 is 4.63 Å². The van der Waals surface area contributed by atoms with Gasteiger partial charge in [0.1, 0.15) is 5.69 Å². The normalized spacial score (nSPS) is 17.1. The zero-order valence-corrected chi connectivity index (χ0v) is 15.2. The molecule has 0 unspecified atom stereocenters. The number of rotatable bonds is 5. The van der Waals surface area contributed by atoms with Crippen molar-refractivity contribution in [2.45, 2.75) is 39.3 Å². The maximum atomic E-state index is 12.1. The van der Waals surface area contributed by atoms with Gasteiger partial charge in [-0.2, -0.15) is 5.10 Å². The highest BCUT2D eigenvalue weighted by Crippen LogP contribution is 2.18. The van der Waals surface area contributed by atoms with Gasteiger partial charge in [0.2, 0.25) is 0 Å². The van der Waals surface area contributed by atoms with E-state index in [1.54, 1.807) is 16.9 Å². The molecule has 1 aliphatic rings. The van der Waals surface area contributed by atoms with E-state index in [-0.39, 0.29) is 11.0 Å². The minimum Gasteiger partial charge on any atom is -0.299 e. The highest BCUT2D eigenvalue weighted by molar-refractivity contribution is 5.10. The van der Waals surface area contributed by atoms with Crippen LogP contribution in [-0.4, -0.2) is 62.6 Å². The molecule has 0 aromatic carbocycles. The Morgan fingerprint density at radius 2 is 1.80 bits per heavy atom. The first-order valence-electron chi connectivity index (χ1n) is 8.71.